The van der Waals surface area contributed by atoms with E-state index in [1.807, 2.05) is 0 Å². The van der Waals surface area contributed by atoms with Crippen molar-refractivity contribution in [1.82, 2.24) is 4.98 Å². The van der Waals surface area contributed by atoms with E-state index in [1.165, 1.54) is 13.0 Å². The molecule has 0 unspecified atom stereocenters. The van der Waals surface area contributed by atoms with Crippen molar-refractivity contribution in [3.05, 3.63) is 23.0 Å². The molecule has 2 nitrogen and oxygen atoms in total. The molecule has 1 aromatic heterocycles. The Hall–Kier alpha value is -1.26. The number of ketones is 1. The summed E-state index contributed by atoms with van der Waals surface area (Å²) >= 11 is 0. The second-order valence-electron chi connectivity index (χ2n) is 2.79. The molecule has 0 aliphatic carbocycles. The van der Waals surface area contributed by atoms with E-state index in [1.54, 1.807) is 0 Å². The minimum atomic E-state index is -4.49. The van der Waals surface area contributed by atoms with Gasteiger partial charge in [-0.1, -0.05) is 0 Å². The van der Waals surface area contributed by atoms with Crippen molar-refractivity contribution in [2.45, 2.75) is 20.0 Å². The van der Waals surface area contributed by atoms with Gasteiger partial charge in [0.05, 0.1) is 0 Å². The van der Waals surface area contributed by atoms with E-state index in [4.69, 9.17) is 0 Å². The fraction of sp³-hybridized carbons (Fsp3) is 0.375. The lowest BCUT2D eigenvalue weighted by Crippen LogP contribution is -2.10. The van der Waals surface area contributed by atoms with Crippen LogP contribution in [-0.4, -0.2) is 10.8 Å². The number of Topliss-reactive ketones (excluding diaryl/α,β-unsaturated/α-hetero) is 1. The van der Waals surface area contributed by atoms with Gasteiger partial charge in [0, 0.05) is 11.3 Å². The number of aryl methyl sites for hydroxylation is 1. The predicted molar refractivity (Wildman–Crippen MR) is 40.5 cm³/mol. The number of aromatic nitrogens is 1. The highest BCUT2D eigenvalue weighted by molar-refractivity contribution is 5.95. The number of carbonyl (C=O) groups excluding carboxylic acids is 1. The number of nitrogens with one attached hydrogen (secondary N) is 1. The Bertz CT molecular complexity index is 338. The van der Waals surface area contributed by atoms with Crippen molar-refractivity contribution < 1.29 is 18.0 Å². The summed E-state index contributed by atoms with van der Waals surface area (Å²) in [5.74, 6) is -0.586. The van der Waals surface area contributed by atoms with Gasteiger partial charge in [-0.2, -0.15) is 13.2 Å². The van der Waals surface area contributed by atoms with E-state index in [0.717, 1.165) is 6.92 Å². The van der Waals surface area contributed by atoms with Crippen molar-refractivity contribution in [3.63, 3.8) is 0 Å². The summed E-state index contributed by atoms with van der Waals surface area (Å²) in [6, 6.07) is 1.20. The lowest BCUT2D eigenvalue weighted by atomic mass is 10.1. The van der Waals surface area contributed by atoms with Crippen LogP contribution < -0.4 is 0 Å². The van der Waals surface area contributed by atoms with Gasteiger partial charge in [-0.15, -0.1) is 0 Å². The molecule has 0 radical (unpaired) electrons. The quantitative estimate of drug-likeness (QED) is 0.680. The number of alkyl halides is 3. The lowest BCUT2D eigenvalue weighted by molar-refractivity contribution is -0.141. The number of hydrogen-bond acceptors (Lipinski definition) is 1. The molecule has 0 aliphatic rings. The summed E-state index contributed by atoms with van der Waals surface area (Å²) in [7, 11) is 0. The third-order valence-corrected chi connectivity index (χ3v) is 1.62. The van der Waals surface area contributed by atoms with Crippen LogP contribution >= 0.6 is 0 Å². The molecule has 1 rings (SSSR count). The Kier molecular flexibility index (Phi) is 2.19. The van der Waals surface area contributed by atoms with Gasteiger partial charge in [-0.3, -0.25) is 4.79 Å². The zero-order chi connectivity index (χ0) is 10.2. The summed E-state index contributed by atoms with van der Waals surface area (Å²) in [5.41, 5.74) is -0.931. The average Bonchev–Trinajstić information content (AvgIpc) is 2.29. The van der Waals surface area contributed by atoms with E-state index in [-0.39, 0.29) is 5.56 Å². The van der Waals surface area contributed by atoms with Crippen LogP contribution in [0, 0.1) is 6.92 Å². The Morgan fingerprint density at radius 3 is 2.31 bits per heavy atom. The summed E-state index contributed by atoms with van der Waals surface area (Å²) < 4.78 is 36.7. The fourth-order valence-corrected chi connectivity index (χ4v) is 1.09. The maximum atomic E-state index is 12.2. The fourth-order valence-electron chi connectivity index (χ4n) is 1.09. The maximum absolute atomic E-state index is 12.2. The molecular weight excluding hydrogens is 183 g/mol. The molecule has 13 heavy (non-hydrogen) atoms. The Morgan fingerprint density at radius 1 is 1.46 bits per heavy atom. The van der Waals surface area contributed by atoms with Gasteiger partial charge in [0.2, 0.25) is 0 Å². The average molecular weight is 191 g/mol. The van der Waals surface area contributed by atoms with Gasteiger partial charge in [0.1, 0.15) is 5.69 Å². The third kappa shape index (κ3) is 1.91. The number of aromatic amines is 1. The van der Waals surface area contributed by atoms with Crippen LogP contribution in [0.5, 0.6) is 0 Å². The first-order valence-corrected chi connectivity index (χ1v) is 3.60. The highest BCUT2D eigenvalue weighted by Gasteiger charge is 2.36. The van der Waals surface area contributed by atoms with Crippen LogP contribution in [0.2, 0.25) is 0 Å². The van der Waals surface area contributed by atoms with E-state index < -0.39 is 17.7 Å². The number of rotatable bonds is 1. The van der Waals surface area contributed by atoms with Crippen molar-refractivity contribution in [1.29, 1.82) is 0 Å². The van der Waals surface area contributed by atoms with Crippen LogP contribution in [0.25, 0.3) is 0 Å². The van der Waals surface area contributed by atoms with Crippen LogP contribution in [0.15, 0.2) is 6.07 Å². The maximum Gasteiger partial charge on any atom is 0.431 e. The van der Waals surface area contributed by atoms with Gasteiger partial charge in [0.25, 0.3) is 0 Å². The third-order valence-electron chi connectivity index (χ3n) is 1.62. The standard InChI is InChI=1S/C8H8F3NO/c1-4-3-6(5(2)13)7(12-4)8(9,10)11/h3,12H,1-2H3. The first-order valence-electron chi connectivity index (χ1n) is 3.60. The molecule has 0 saturated carbocycles. The summed E-state index contributed by atoms with van der Waals surface area (Å²) in [6.45, 7) is 2.58. The number of H-pyrrole nitrogens is 1. The molecule has 0 fully saturated rings. The molecule has 0 bridgehead atoms. The van der Waals surface area contributed by atoms with E-state index in [9.17, 15) is 18.0 Å². The molecule has 1 N–H and O–H groups in total. The molecule has 0 amide bonds. The zero-order valence-electron chi connectivity index (χ0n) is 7.12. The molecule has 1 aromatic rings. The predicted octanol–water partition coefficient (Wildman–Crippen LogP) is 2.54. The lowest BCUT2D eigenvalue weighted by Gasteiger charge is -2.05. The molecule has 0 aliphatic heterocycles. The van der Waals surface area contributed by atoms with Crippen molar-refractivity contribution in [2.24, 2.45) is 0 Å². The molecule has 0 atom stereocenters. The summed E-state index contributed by atoms with van der Waals surface area (Å²) in [4.78, 5) is 12.9. The highest BCUT2D eigenvalue weighted by Crippen LogP contribution is 2.31. The van der Waals surface area contributed by atoms with Crippen LogP contribution in [0.4, 0.5) is 13.2 Å². The zero-order valence-corrected chi connectivity index (χ0v) is 7.12. The van der Waals surface area contributed by atoms with Gasteiger partial charge < -0.3 is 4.98 Å². The summed E-state index contributed by atoms with van der Waals surface area (Å²) in [5, 5.41) is 0. The first-order chi connectivity index (χ1) is 5.82. The minimum Gasteiger partial charge on any atom is -0.355 e. The van der Waals surface area contributed by atoms with E-state index in [0.29, 0.717) is 5.69 Å². The molecule has 0 saturated heterocycles. The van der Waals surface area contributed by atoms with Crippen molar-refractivity contribution in [3.8, 4) is 0 Å². The Morgan fingerprint density at radius 2 is 2.00 bits per heavy atom. The Labute approximate surface area is 72.8 Å². The van der Waals surface area contributed by atoms with Gasteiger partial charge in [0.15, 0.2) is 5.78 Å². The van der Waals surface area contributed by atoms with Gasteiger partial charge >= 0.3 is 6.18 Å². The molecule has 72 valence electrons. The number of carbonyl (C=O) groups is 1. The normalized spacial score (nSPS) is 11.8. The second kappa shape index (κ2) is 2.90. The van der Waals surface area contributed by atoms with Crippen molar-refractivity contribution in [2.75, 3.05) is 0 Å². The molecule has 0 aromatic carbocycles. The van der Waals surface area contributed by atoms with E-state index >= 15 is 0 Å². The minimum absolute atomic E-state index is 0.301. The van der Waals surface area contributed by atoms with Crippen LogP contribution in [0.3, 0.4) is 0 Å². The highest BCUT2D eigenvalue weighted by atomic mass is 19.4. The Balaban J connectivity index is 3.28. The van der Waals surface area contributed by atoms with Gasteiger partial charge in [-0.05, 0) is 19.9 Å². The molecular formula is C8H8F3NO. The topological polar surface area (TPSA) is 32.9 Å². The van der Waals surface area contributed by atoms with Gasteiger partial charge in [-0.25, -0.2) is 0 Å². The number of hydrogen-bond donors (Lipinski definition) is 1. The SMILES string of the molecule is CC(=O)c1cc(C)[nH]c1C(F)(F)F. The molecule has 1 heterocycles. The smallest absolute Gasteiger partial charge is 0.355 e. The monoisotopic (exact) mass is 191 g/mol. The largest absolute Gasteiger partial charge is 0.431 e. The second-order valence-corrected chi connectivity index (χ2v) is 2.79. The molecule has 0 spiro atoms. The van der Waals surface area contributed by atoms with Crippen molar-refractivity contribution >= 4 is 5.78 Å². The number of halogens is 3. The molecule has 5 heteroatoms. The van der Waals surface area contributed by atoms with Crippen LogP contribution in [-0.2, 0) is 6.18 Å². The van der Waals surface area contributed by atoms with E-state index in [2.05, 4.69) is 4.98 Å². The summed E-state index contributed by atoms with van der Waals surface area (Å²) in [6.07, 6.45) is -4.49. The first kappa shape index (κ1) is 9.83. The van der Waals surface area contributed by atoms with Crippen LogP contribution in [0.1, 0.15) is 28.7 Å².